The average Bonchev–Trinajstić information content (AvgIpc) is 2.46. The topological polar surface area (TPSA) is 150 Å². The summed E-state index contributed by atoms with van der Waals surface area (Å²) in [5.41, 5.74) is 0. The number of aliphatic carboxylic acids is 2. The summed E-state index contributed by atoms with van der Waals surface area (Å²) in [6, 6.07) is 0. The minimum Gasteiger partial charge on any atom is -0.549 e. The molecule has 0 amide bonds. The van der Waals surface area contributed by atoms with E-state index in [1.807, 2.05) is 0 Å². The molecule has 1 aliphatic rings. The molecule has 1 aliphatic carbocycles. The molecule has 6 N–H and O–H groups in total. The third-order valence-electron chi connectivity index (χ3n) is 1.60. The number of carboxylic acid groups (broad SMARTS) is 2. The Morgan fingerprint density at radius 2 is 1.38 bits per heavy atom. The van der Waals surface area contributed by atoms with Crippen molar-refractivity contribution in [2.24, 2.45) is 11.8 Å². The van der Waals surface area contributed by atoms with Gasteiger partial charge >= 0.3 is 21.1 Å². The van der Waals surface area contributed by atoms with E-state index >= 15 is 0 Å². The zero-order valence-corrected chi connectivity index (χ0v) is 9.20. The summed E-state index contributed by atoms with van der Waals surface area (Å²) in [6.45, 7) is 0. The summed E-state index contributed by atoms with van der Waals surface area (Å²) in [6.07, 6.45) is 1.32. The molecular formula is C6H12N2O4Pt. The average molecular weight is 371 g/mol. The first-order chi connectivity index (χ1) is 4.63. The van der Waals surface area contributed by atoms with Crippen molar-refractivity contribution >= 4 is 11.9 Å². The minimum absolute atomic E-state index is 0. The first-order valence-electron chi connectivity index (χ1n) is 3.04. The Morgan fingerprint density at radius 3 is 1.46 bits per heavy atom. The molecule has 80 valence electrons. The molecular weight excluding hydrogens is 359 g/mol. The minimum atomic E-state index is -1.53. The first-order valence-corrected chi connectivity index (χ1v) is 3.04. The van der Waals surface area contributed by atoms with E-state index in [0.29, 0.717) is 12.8 Å². The van der Waals surface area contributed by atoms with Crippen LogP contribution in [0.15, 0.2) is 0 Å². The number of carbonyl (C=O) groups is 2. The molecule has 0 aromatic carbocycles. The van der Waals surface area contributed by atoms with Gasteiger partial charge in [0.2, 0.25) is 0 Å². The van der Waals surface area contributed by atoms with Gasteiger partial charge in [0, 0.05) is 5.92 Å². The van der Waals surface area contributed by atoms with Crippen molar-refractivity contribution in [1.82, 2.24) is 12.3 Å². The second kappa shape index (κ2) is 7.00. The van der Waals surface area contributed by atoms with Crippen molar-refractivity contribution in [3.63, 3.8) is 0 Å². The number of rotatable bonds is 3. The molecule has 0 heterocycles. The van der Waals surface area contributed by atoms with Crippen LogP contribution in [0.25, 0.3) is 0 Å². The van der Waals surface area contributed by atoms with Crippen LogP contribution in [-0.2, 0) is 30.7 Å². The van der Waals surface area contributed by atoms with E-state index in [4.69, 9.17) is 0 Å². The molecule has 13 heavy (non-hydrogen) atoms. The Hall–Kier alpha value is -0.452. The molecule has 0 aliphatic heterocycles. The Balaban J connectivity index is -0.000000333. The van der Waals surface area contributed by atoms with Gasteiger partial charge in [-0.15, -0.1) is 0 Å². The second-order valence-corrected chi connectivity index (χ2v) is 2.45. The molecule has 7 heteroatoms. The van der Waals surface area contributed by atoms with Crippen LogP contribution >= 0.6 is 0 Å². The third kappa shape index (κ3) is 4.97. The van der Waals surface area contributed by atoms with Crippen LogP contribution in [0.1, 0.15) is 12.8 Å². The monoisotopic (exact) mass is 371 g/mol. The molecule has 0 bridgehead atoms. The number of carbonyl (C=O) groups excluding carboxylic acids is 2. The fourth-order valence-corrected chi connectivity index (χ4v) is 0.911. The van der Waals surface area contributed by atoms with Crippen molar-refractivity contribution in [3.05, 3.63) is 0 Å². The van der Waals surface area contributed by atoms with Crippen LogP contribution < -0.4 is 22.5 Å². The maximum absolute atomic E-state index is 10.1. The van der Waals surface area contributed by atoms with Gasteiger partial charge in [0.05, 0.1) is 11.9 Å². The van der Waals surface area contributed by atoms with Gasteiger partial charge in [0.15, 0.2) is 0 Å². The van der Waals surface area contributed by atoms with Crippen molar-refractivity contribution in [1.29, 1.82) is 0 Å². The molecule has 0 aromatic rings. The predicted octanol–water partition coefficient (Wildman–Crippen LogP) is -2.17. The molecule has 0 atom stereocenters. The standard InChI is InChI=1S/C6H8O4.2H3N.Pt/c7-5(8)4(6(9)10)3-1-2-3;;;/h3-4H,1-2H2,(H,7,8)(H,9,10);2*1H3;/q;;;+2/p-2. The van der Waals surface area contributed by atoms with Gasteiger partial charge in [-0.25, -0.2) is 0 Å². The van der Waals surface area contributed by atoms with E-state index in [1.54, 1.807) is 0 Å². The Bertz CT molecular complexity index is 169. The normalized spacial score (nSPS) is 13.3. The molecule has 1 rings (SSSR count). The fraction of sp³-hybridized carbons (Fsp3) is 0.667. The van der Waals surface area contributed by atoms with Crippen LogP contribution in [0, 0.1) is 11.8 Å². The summed E-state index contributed by atoms with van der Waals surface area (Å²) in [5, 5.41) is 20.2. The fourth-order valence-electron chi connectivity index (χ4n) is 0.911. The molecule has 0 spiro atoms. The van der Waals surface area contributed by atoms with Gasteiger partial charge in [0.25, 0.3) is 0 Å². The summed E-state index contributed by atoms with van der Waals surface area (Å²) in [7, 11) is 0. The van der Waals surface area contributed by atoms with Gasteiger partial charge < -0.3 is 32.1 Å². The SMILES string of the molecule is N.N.O=C([O-])C(C(=O)[O-])C1CC1.[Pt+2]. The zero-order valence-electron chi connectivity index (χ0n) is 6.93. The second-order valence-electron chi connectivity index (χ2n) is 2.45. The summed E-state index contributed by atoms with van der Waals surface area (Å²) < 4.78 is 0. The van der Waals surface area contributed by atoms with Crippen LogP contribution in [0.3, 0.4) is 0 Å². The van der Waals surface area contributed by atoms with Crippen LogP contribution in [0.5, 0.6) is 0 Å². The molecule has 6 nitrogen and oxygen atoms in total. The van der Waals surface area contributed by atoms with Gasteiger partial charge in [-0.05, 0) is 18.8 Å². The Kier molecular flexibility index (Phi) is 9.88. The Labute approximate surface area is 90.1 Å². The van der Waals surface area contributed by atoms with Crippen molar-refractivity contribution in [2.45, 2.75) is 12.8 Å². The summed E-state index contributed by atoms with van der Waals surface area (Å²) >= 11 is 0. The molecule has 1 fully saturated rings. The third-order valence-corrected chi connectivity index (χ3v) is 1.60. The quantitative estimate of drug-likeness (QED) is 0.539. The van der Waals surface area contributed by atoms with Gasteiger partial charge in [-0.2, -0.15) is 0 Å². The molecule has 0 radical (unpaired) electrons. The summed E-state index contributed by atoms with van der Waals surface area (Å²) in [5.74, 6) is -4.68. The maximum atomic E-state index is 10.1. The predicted molar refractivity (Wildman–Crippen MR) is 36.3 cm³/mol. The van der Waals surface area contributed by atoms with Crippen molar-refractivity contribution in [2.75, 3.05) is 0 Å². The van der Waals surface area contributed by atoms with E-state index in [0.717, 1.165) is 0 Å². The molecule has 1 saturated carbocycles. The van der Waals surface area contributed by atoms with Gasteiger partial charge in [-0.1, -0.05) is 0 Å². The van der Waals surface area contributed by atoms with Crippen LogP contribution in [-0.4, -0.2) is 11.9 Å². The number of hydrogen-bond acceptors (Lipinski definition) is 6. The van der Waals surface area contributed by atoms with E-state index in [9.17, 15) is 19.8 Å². The molecule has 0 aromatic heterocycles. The van der Waals surface area contributed by atoms with Crippen molar-refractivity contribution < 1.29 is 40.9 Å². The van der Waals surface area contributed by atoms with Gasteiger partial charge in [-0.3, -0.25) is 0 Å². The smallest absolute Gasteiger partial charge is 0.549 e. The van der Waals surface area contributed by atoms with E-state index in [2.05, 4.69) is 0 Å². The van der Waals surface area contributed by atoms with E-state index in [1.165, 1.54) is 0 Å². The number of carboxylic acids is 2. The zero-order chi connectivity index (χ0) is 7.72. The maximum Gasteiger partial charge on any atom is 2.00 e. The molecule has 0 saturated heterocycles. The molecule has 0 unspecified atom stereocenters. The van der Waals surface area contributed by atoms with Crippen LogP contribution in [0.4, 0.5) is 0 Å². The number of hydrogen-bond donors (Lipinski definition) is 2. The van der Waals surface area contributed by atoms with E-state index < -0.39 is 17.9 Å². The van der Waals surface area contributed by atoms with E-state index in [-0.39, 0.29) is 39.3 Å². The summed E-state index contributed by atoms with van der Waals surface area (Å²) in [4.78, 5) is 20.2. The largest absolute Gasteiger partial charge is 2.00 e. The first kappa shape index (κ1) is 18.4. The van der Waals surface area contributed by atoms with Crippen LogP contribution in [0.2, 0.25) is 0 Å². The van der Waals surface area contributed by atoms with Crippen molar-refractivity contribution in [3.8, 4) is 0 Å². The Morgan fingerprint density at radius 1 is 1.08 bits per heavy atom. The van der Waals surface area contributed by atoms with Gasteiger partial charge in [0.1, 0.15) is 0 Å².